The Bertz CT molecular complexity index is 303. The Morgan fingerprint density at radius 3 is 2.84 bits per heavy atom. The van der Waals surface area contributed by atoms with Crippen LogP contribution in [0.5, 0.6) is 0 Å². The average Bonchev–Trinajstić information content (AvgIpc) is 2.94. The Balaban J connectivity index is 0.00000180. The second-order valence-electron chi connectivity index (χ2n) is 5.86. The van der Waals surface area contributed by atoms with E-state index in [4.69, 9.17) is 0 Å². The van der Waals surface area contributed by atoms with Gasteiger partial charge in [0.05, 0.1) is 0 Å². The van der Waals surface area contributed by atoms with E-state index in [1.54, 1.807) is 0 Å². The van der Waals surface area contributed by atoms with Crippen LogP contribution in [0.4, 0.5) is 0 Å². The van der Waals surface area contributed by atoms with Crippen LogP contribution in [0.1, 0.15) is 46.0 Å². The lowest BCUT2D eigenvalue weighted by atomic mass is 10.1. The van der Waals surface area contributed by atoms with E-state index >= 15 is 0 Å². The van der Waals surface area contributed by atoms with Gasteiger partial charge in [0.15, 0.2) is 5.96 Å². The summed E-state index contributed by atoms with van der Waals surface area (Å²) in [6, 6.07) is 0.667. The molecule has 1 saturated heterocycles. The summed E-state index contributed by atoms with van der Waals surface area (Å²) in [5.41, 5.74) is 0. The second-order valence-corrected chi connectivity index (χ2v) is 7.55. The predicted molar refractivity (Wildman–Crippen MR) is 96.8 cm³/mol. The molecular formula is C14H28IN3S. The number of nitrogens with zero attached hydrogens (tertiary/aromatic N) is 1. The summed E-state index contributed by atoms with van der Waals surface area (Å²) in [4.78, 5) is 4.34. The third-order valence-corrected chi connectivity index (χ3v) is 5.60. The lowest BCUT2D eigenvalue weighted by Gasteiger charge is -2.24. The third kappa shape index (κ3) is 5.33. The standard InChI is InChI=1S/C14H27N3S.HI/c1-4-6-11-9-12(11)17-13(15-3)16-10-14(2)7-5-8-18-14;/h11-12H,4-10H2,1-3H3,(H2,15,16,17);1H. The zero-order valence-corrected chi connectivity index (χ0v) is 15.5. The zero-order chi connectivity index (χ0) is 13.0. The molecule has 112 valence electrons. The molecule has 0 aromatic carbocycles. The maximum Gasteiger partial charge on any atom is 0.191 e. The Labute approximate surface area is 139 Å². The maximum absolute atomic E-state index is 4.34. The van der Waals surface area contributed by atoms with Crippen molar-refractivity contribution in [2.45, 2.75) is 56.7 Å². The molecule has 2 aliphatic rings. The summed E-state index contributed by atoms with van der Waals surface area (Å²) >= 11 is 2.10. The van der Waals surface area contributed by atoms with Gasteiger partial charge in [-0.25, -0.2) is 0 Å². The lowest BCUT2D eigenvalue weighted by Crippen LogP contribution is -2.44. The van der Waals surface area contributed by atoms with Crippen molar-refractivity contribution < 1.29 is 0 Å². The molecule has 2 rings (SSSR count). The number of hydrogen-bond acceptors (Lipinski definition) is 2. The monoisotopic (exact) mass is 397 g/mol. The maximum atomic E-state index is 4.34. The number of nitrogens with one attached hydrogen (secondary N) is 2. The van der Waals surface area contributed by atoms with Gasteiger partial charge in [0.1, 0.15) is 0 Å². The fourth-order valence-electron chi connectivity index (χ4n) is 2.73. The molecular weight excluding hydrogens is 369 g/mol. The number of guanidine groups is 1. The minimum atomic E-state index is 0. The van der Waals surface area contributed by atoms with Crippen molar-refractivity contribution in [2.24, 2.45) is 10.9 Å². The highest BCUT2D eigenvalue weighted by Gasteiger charge is 2.37. The zero-order valence-electron chi connectivity index (χ0n) is 12.4. The molecule has 3 nitrogen and oxygen atoms in total. The van der Waals surface area contributed by atoms with Gasteiger partial charge in [0.2, 0.25) is 0 Å². The van der Waals surface area contributed by atoms with Crippen molar-refractivity contribution in [1.82, 2.24) is 10.6 Å². The van der Waals surface area contributed by atoms with E-state index in [9.17, 15) is 0 Å². The first kappa shape index (κ1) is 17.4. The quantitative estimate of drug-likeness (QED) is 0.425. The van der Waals surface area contributed by atoms with Gasteiger partial charge in [0, 0.05) is 24.4 Å². The molecule has 3 unspecified atom stereocenters. The van der Waals surface area contributed by atoms with Gasteiger partial charge in [-0.3, -0.25) is 4.99 Å². The minimum absolute atomic E-state index is 0. The second kappa shape index (κ2) is 7.96. The largest absolute Gasteiger partial charge is 0.355 e. The highest BCUT2D eigenvalue weighted by Crippen LogP contribution is 2.37. The van der Waals surface area contributed by atoms with Gasteiger partial charge in [-0.1, -0.05) is 13.3 Å². The van der Waals surface area contributed by atoms with Crippen molar-refractivity contribution >= 4 is 41.7 Å². The van der Waals surface area contributed by atoms with E-state index in [0.29, 0.717) is 10.8 Å². The van der Waals surface area contributed by atoms with Crippen molar-refractivity contribution in [3.05, 3.63) is 0 Å². The van der Waals surface area contributed by atoms with E-state index in [2.05, 4.69) is 41.2 Å². The number of aliphatic imine (C=N–C) groups is 1. The summed E-state index contributed by atoms with van der Waals surface area (Å²) in [6.45, 7) is 5.66. The number of halogens is 1. The first-order valence-corrected chi connectivity index (χ1v) is 8.26. The van der Waals surface area contributed by atoms with Crippen LogP contribution in [0.2, 0.25) is 0 Å². The normalized spacial score (nSPS) is 33.7. The molecule has 1 heterocycles. The molecule has 0 radical (unpaired) electrons. The van der Waals surface area contributed by atoms with Crippen LogP contribution in [-0.2, 0) is 0 Å². The van der Waals surface area contributed by atoms with Gasteiger partial charge in [-0.15, -0.1) is 24.0 Å². The molecule has 2 fully saturated rings. The summed E-state index contributed by atoms with van der Waals surface area (Å²) in [6.07, 6.45) is 6.64. The van der Waals surface area contributed by atoms with E-state index in [0.717, 1.165) is 18.4 Å². The first-order valence-electron chi connectivity index (χ1n) is 7.28. The smallest absolute Gasteiger partial charge is 0.191 e. The summed E-state index contributed by atoms with van der Waals surface area (Å²) in [5, 5.41) is 7.05. The van der Waals surface area contributed by atoms with Crippen molar-refractivity contribution in [3.8, 4) is 0 Å². The van der Waals surface area contributed by atoms with Gasteiger partial charge >= 0.3 is 0 Å². The Morgan fingerprint density at radius 1 is 1.47 bits per heavy atom. The SMILES string of the molecule is CCCC1CC1NC(=NC)NCC1(C)CCCS1.I. The van der Waals surface area contributed by atoms with E-state index in [-0.39, 0.29) is 24.0 Å². The summed E-state index contributed by atoms with van der Waals surface area (Å²) in [5.74, 6) is 3.18. The first-order chi connectivity index (χ1) is 8.67. The molecule has 0 aromatic heterocycles. The molecule has 0 spiro atoms. The minimum Gasteiger partial charge on any atom is -0.355 e. The molecule has 1 saturated carbocycles. The molecule has 1 aliphatic heterocycles. The van der Waals surface area contributed by atoms with Crippen molar-refractivity contribution in [2.75, 3.05) is 19.3 Å². The fourth-order valence-corrected chi connectivity index (χ4v) is 3.98. The Kier molecular flexibility index (Phi) is 7.29. The van der Waals surface area contributed by atoms with Crippen molar-refractivity contribution in [1.29, 1.82) is 0 Å². The molecule has 1 aliphatic carbocycles. The van der Waals surface area contributed by atoms with Gasteiger partial charge in [0.25, 0.3) is 0 Å². The molecule has 19 heavy (non-hydrogen) atoms. The summed E-state index contributed by atoms with van der Waals surface area (Å²) in [7, 11) is 1.87. The van der Waals surface area contributed by atoms with Crippen LogP contribution >= 0.6 is 35.7 Å². The van der Waals surface area contributed by atoms with Gasteiger partial charge in [-0.05, 0) is 44.3 Å². The molecule has 0 amide bonds. The highest BCUT2D eigenvalue weighted by molar-refractivity contribution is 14.0. The Hall–Kier alpha value is 0.350. The molecule has 0 bridgehead atoms. The van der Waals surface area contributed by atoms with Gasteiger partial charge < -0.3 is 10.6 Å². The number of rotatable bonds is 5. The fraction of sp³-hybridized carbons (Fsp3) is 0.929. The predicted octanol–water partition coefficient (Wildman–Crippen LogP) is 3.24. The number of hydrogen-bond donors (Lipinski definition) is 2. The van der Waals surface area contributed by atoms with E-state index < -0.39 is 0 Å². The third-order valence-electron chi connectivity index (χ3n) is 4.06. The van der Waals surface area contributed by atoms with Crippen LogP contribution < -0.4 is 10.6 Å². The van der Waals surface area contributed by atoms with Crippen LogP contribution in [0.25, 0.3) is 0 Å². The molecule has 5 heteroatoms. The van der Waals surface area contributed by atoms with Crippen LogP contribution in [-0.4, -0.2) is 36.1 Å². The average molecular weight is 397 g/mol. The van der Waals surface area contributed by atoms with Crippen LogP contribution in [0.15, 0.2) is 4.99 Å². The van der Waals surface area contributed by atoms with E-state index in [1.165, 1.54) is 37.9 Å². The van der Waals surface area contributed by atoms with Gasteiger partial charge in [-0.2, -0.15) is 11.8 Å². The molecule has 2 N–H and O–H groups in total. The van der Waals surface area contributed by atoms with Crippen LogP contribution in [0, 0.1) is 5.92 Å². The lowest BCUT2D eigenvalue weighted by molar-refractivity contribution is 0.581. The Morgan fingerprint density at radius 2 is 2.26 bits per heavy atom. The molecule has 3 atom stereocenters. The number of thioether (sulfide) groups is 1. The van der Waals surface area contributed by atoms with Crippen molar-refractivity contribution in [3.63, 3.8) is 0 Å². The summed E-state index contributed by atoms with van der Waals surface area (Å²) < 4.78 is 0.407. The molecule has 0 aromatic rings. The van der Waals surface area contributed by atoms with E-state index in [1.807, 2.05) is 7.05 Å². The topological polar surface area (TPSA) is 36.4 Å². The van der Waals surface area contributed by atoms with Crippen LogP contribution in [0.3, 0.4) is 0 Å². The highest BCUT2D eigenvalue weighted by atomic mass is 127.